The van der Waals surface area contributed by atoms with Crippen LogP contribution in [0.4, 0.5) is 0 Å². The first-order valence-corrected chi connectivity index (χ1v) is 13.8. The molecule has 0 unspecified atom stereocenters. The third-order valence-corrected chi connectivity index (χ3v) is 7.37. The first-order valence-electron chi connectivity index (χ1n) is 13.8. The fourth-order valence-electron chi connectivity index (χ4n) is 5.29. The van der Waals surface area contributed by atoms with Crippen molar-refractivity contribution in [3.8, 4) is 62.5 Å². The first-order chi connectivity index (χ1) is 20.8. The summed E-state index contributed by atoms with van der Waals surface area (Å²) >= 11 is 0. The molecule has 42 heavy (non-hydrogen) atoms. The molecule has 1 aromatic heterocycles. The highest BCUT2D eigenvalue weighted by Gasteiger charge is 2.18. The molecule has 1 heterocycles. The summed E-state index contributed by atoms with van der Waals surface area (Å²) in [5.41, 5.74) is 7.69. The number of aromatic nitrogens is 3. The topological polar surface area (TPSA) is 62.5 Å². The Balaban J connectivity index is 1.47. The molecular formula is C38H24N4. The fourth-order valence-corrected chi connectivity index (χ4v) is 5.29. The minimum Gasteiger partial charge on any atom is -0.208 e. The van der Waals surface area contributed by atoms with Gasteiger partial charge >= 0.3 is 0 Å². The van der Waals surface area contributed by atoms with Crippen molar-refractivity contribution in [2.75, 3.05) is 0 Å². The lowest BCUT2D eigenvalue weighted by molar-refractivity contribution is 1.07. The summed E-state index contributed by atoms with van der Waals surface area (Å²) in [7, 11) is 0. The fraction of sp³-hybridized carbons (Fsp3) is 0. The summed E-state index contributed by atoms with van der Waals surface area (Å²) in [6.45, 7) is 0. The maximum atomic E-state index is 9.25. The van der Waals surface area contributed by atoms with Gasteiger partial charge in [-0.2, -0.15) is 5.26 Å². The zero-order valence-corrected chi connectivity index (χ0v) is 22.6. The van der Waals surface area contributed by atoms with Crippen LogP contribution in [0.1, 0.15) is 5.56 Å². The quantitative estimate of drug-likeness (QED) is 0.220. The molecule has 0 fully saturated rings. The van der Waals surface area contributed by atoms with Crippen molar-refractivity contribution in [3.05, 3.63) is 151 Å². The number of fused-ring (bicyclic) bond motifs is 1. The molecule has 4 heteroatoms. The van der Waals surface area contributed by atoms with E-state index < -0.39 is 0 Å². The van der Waals surface area contributed by atoms with Gasteiger partial charge in [-0.25, -0.2) is 15.0 Å². The van der Waals surface area contributed by atoms with Crippen LogP contribution in [0.15, 0.2) is 146 Å². The number of nitrogens with zero attached hydrogens (tertiary/aromatic N) is 4. The van der Waals surface area contributed by atoms with Crippen molar-refractivity contribution in [1.29, 1.82) is 5.26 Å². The van der Waals surface area contributed by atoms with Crippen molar-refractivity contribution in [2.24, 2.45) is 0 Å². The van der Waals surface area contributed by atoms with Gasteiger partial charge in [-0.05, 0) is 51.7 Å². The molecule has 0 saturated carbocycles. The minimum atomic E-state index is 0.618. The van der Waals surface area contributed by atoms with E-state index in [4.69, 9.17) is 15.0 Å². The molecule has 0 bridgehead atoms. The van der Waals surface area contributed by atoms with Crippen molar-refractivity contribution in [3.63, 3.8) is 0 Å². The Hall–Kier alpha value is -5.92. The van der Waals surface area contributed by atoms with Gasteiger partial charge in [0.2, 0.25) is 0 Å². The van der Waals surface area contributed by atoms with Crippen molar-refractivity contribution < 1.29 is 0 Å². The second-order valence-corrected chi connectivity index (χ2v) is 10.0. The molecule has 0 aliphatic heterocycles. The molecule has 0 atom stereocenters. The zero-order valence-electron chi connectivity index (χ0n) is 22.6. The third-order valence-electron chi connectivity index (χ3n) is 7.37. The van der Waals surface area contributed by atoms with Gasteiger partial charge in [0.1, 0.15) is 0 Å². The van der Waals surface area contributed by atoms with Crippen molar-refractivity contribution in [2.45, 2.75) is 0 Å². The van der Waals surface area contributed by atoms with Crippen LogP contribution in [0.2, 0.25) is 0 Å². The summed E-state index contributed by atoms with van der Waals surface area (Å²) in [6.07, 6.45) is 0. The Morgan fingerprint density at radius 1 is 0.429 bits per heavy atom. The van der Waals surface area contributed by atoms with Crippen molar-refractivity contribution in [1.82, 2.24) is 15.0 Å². The summed E-state index contributed by atoms with van der Waals surface area (Å²) in [5, 5.41) is 11.5. The minimum absolute atomic E-state index is 0.618. The van der Waals surface area contributed by atoms with E-state index in [1.807, 2.05) is 84.9 Å². The molecule has 4 nitrogen and oxygen atoms in total. The van der Waals surface area contributed by atoms with Gasteiger partial charge in [-0.15, -0.1) is 0 Å². The lowest BCUT2D eigenvalue weighted by atomic mass is 9.91. The maximum absolute atomic E-state index is 9.25. The van der Waals surface area contributed by atoms with Crippen molar-refractivity contribution >= 4 is 10.8 Å². The maximum Gasteiger partial charge on any atom is 0.164 e. The molecule has 0 saturated heterocycles. The van der Waals surface area contributed by atoms with Gasteiger partial charge in [0.15, 0.2) is 17.5 Å². The van der Waals surface area contributed by atoms with E-state index >= 15 is 0 Å². The molecule has 7 aromatic rings. The molecule has 7 rings (SSSR count). The SMILES string of the molecule is N#Cc1ccc(-c2cccc(-c3c(-c4nc(-c5ccccc5)nc(-c5ccccc5)n4)ccc4ccccc34)c2)cc1. The van der Waals surface area contributed by atoms with E-state index in [2.05, 4.69) is 66.7 Å². The van der Waals surface area contributed by atoms with E-state index in [1.165, 1.54) is 0 Å². The van der Waals surface area contributed by atoms with Crippen LogP contribution in [0, 0.1) is 11.3 Å². The summed E-state index contributed by atoms with van der Waals surface area (Å²) in [4.78, 5) is 15.0. The van der Waals surface area contributed by atoms with E-state index in [0.29, 0.717) is 23.0 Å². The second kappa shape index (κ2) is 10.9. The van der Waals surface area contributed by atoms with Crippen LogP contribution in [0.5, 0.6) is 0 Å². The second-order valence-electron chi connectivity index (χ2n) is 10.0. The lowest BCUT2D eigenvalue weighted by Gasteiger charge is -2.15. The monoisotopic (exact) mass is 536 g/mol. The Bertz CT molecular complexity index is 2020. The first kappa shape index (κ1) is 25.1. The van der Waals surface area contributed by atoms with Crippen LogP contribution < -0.4 is 0 Å². The zero-order chi connectivity index (χ0) is 28.3. The Morgan fingerprint density at radius 3 is 1.67 bits per heavy atom. The predicted molar refractivity (Wildman–Crippen MR) is 169 cm³/mol. The van der Waals surface area contributed by atoms with Gasteiger partial charge in [0, 0.05) is 22.3 Å². The van der Waals surface area contributed by atoms with Crippen LogP contribution in [-0.2, 0) is 0 Å². The molecule has 0 amide bonds. The normalized spacial score (nSPS) is 10.8. The predicted octanol–water partition coefficient (Wildman–Crippen LogP) is 9.23. The average Bonchev–Trinajstić information content (AvgIpc) is 3.08. The average molecular weight is 537 g/mol. The van der Waals surface area contributed by atoms with Gasteiger partial charge in [-0.1, -0.05) is 121 Å². The summed E-state index contributed by atoms with van der Waals surface area (Å²) < 4.78 is 0. The van der Waals surface area contributed by atoms with Crippen LogP contribution in [0.3, 0.4) is 0 Å². The van der Waals surface area contributed by atoms with Crippen LogP contribution in [0.25, 0.3) is 67.2 Å². The lowest BCUT2D eigenvalue weighted by Crippen LogP contribution is -2.01. The molecule has 0 spiro atoms. The van der Waals surface area contributed by atoms with E-state index in [1.54, 1.807) is 0 Å². The summed E-state index contributed by atoms with van der Waals surface area (Å²) in [5.74, 6) is 1.88. The molecule has 196 valence electrons. The molecule has 0 N–H and O–H groups in total. The molecule has 0 aliphatic carbocycles. The molecule has 6 aromatic carbocycles. The Kier molecular flexibility index (Phi) is 6.52. The number of hydrogen-bond acceptors (Lipinski definition) is 4. The van der Waals surface area contributed by atoms with E-state index in [-0.39, 0.29) is 0 Å². The van der Waals surface area contributed by atoms with Crippen LogP contribution >= 0.6 is 0 Å². The number of nitriles is 1. The smallest absolute Gasteiger partial charge is 0.164 e. The highest BCUT2D eigenvalue weighted by atomic mass is 15.0. The number of benzene rings is 6. The standard InChI is InChI=1S/C38H24N4/c39-25-26-18-20-27(21-19-26)31-15-9-16-32(24-31)35-33-17-8-7-10-28(33)22-23-34(35)38-41-36(29-11-3-1-4-12-29)40-37(42-38)30-13-5-2-6-14-30/h1-24H. The number of rotatable bonds is 5. The van der Waals surface area contributed by atoms with Gasteiger partial charge in [0.25, 0.3) is 0 Å². The Labute approximate surface area is 244 Å². The van der Waals surface area contributed by atoms with Crippen LogP contribution in [-0.4, -0.2) is 15.0 Å². The Morgan fingerprint density at radius 2 is 1.00 bits per heavy atom. The molecule has 0 radical (unpaired) electrons. The largest absolute Gasteiger partial charge is 0.208 e. The highest BCUT2D eigenvalue weighted by molar-refractivity contribution is 6.04. The number of hydrogen-bond donors (Lipinski definition) is 0. The van der Waals surface area contributed by atoms with E-state index in [0.717, 1.165) is 49.7 Å². The molecule has 0 aliphatic rings. The highest BCUT2D eigenvalue weighted by Crippen LogP contribution is 2.39. The third kappa shape index (κ3) is 4.81. The molecular weight excluding hydrogens is 512 g/mol. The van der Waals surface area contributed by atoms with Gasteiger partial charge in [0.05, 0.1) is 11.6 Å². The van der Waals surface area contributed by atoms with Gasteiger partial charge in [-0.3, -0.25) is 0 Å². The summed E-state index contributed by atoms with van der Waals surface area (Å²) in [6, 6.07) is 51.1. The van der Waals surface area contributed by atoms with E-state index in [9.17, 15) is 5.26 Å². The van der Waals surface area contributed by atoms with Gasteiger partial charge < -0.3 is 0 Å².